The molecule has 0 aliphatic heterocycles. The van der Waals surface area contributed by atoms with Crippen molar-refractivity contribution in [1.82, 2.24) is 5.32 Å². The number of hydrogen-bond donors (Lipinski definition) is 2. The zero-order valence-corrected chi connectivity index (χ0v) is 13.1. The van der Waals surface area contributed by atoms with Gasteiger partial charge in [-0.3, -0.25) is 9.59 Å². The molecular formula is C18H19FN2O2. The van der Waals surface area contributed by atoms with Crippen LogP contribution < -0.4 is 10.6 Å². The molecule has 0 heterocycles. The van der Waals surface area contributed by atoms with Crippen molar-refractivity contribution in [2.75, 3.05) is 5.32 Å². The number of carbonyl (C=O) groups excluding carboxylic acids is 2. The zero-order chi connectivity index (χ0) is 16.8. The van der Waals surface area contributed by atoms with E-state index >= 15 is 0 Å². The SMILES string of the molecule is CC(=O)NC(CC(=O)Nc1cc(C)ccc1F)c1ccccc1. The second-order valence-corrected chi connectivity index (χ2v) is 5.40. The Labute approximate surface area is 134 Å². The Hall–Kier alpha value is -2.69. The summed E-state index contributed by atoms with van der Waals surface area (Å²) in [7, 11) is 0. The average Bonchev–Trinajstić information content (AvgIpc) is 2.51. The van der Waals surface area contributed by atoms with Gasteiger partial charge in [-0.25, -0.2) is 4.39 Å². The second kappa shape index (κ2) is 7.54. The Morgan fingerprint density at radius 2 is 1.83 bits per heavy atom. The van der Waals surface area contributed by atoms with Crippen LogP contribution in [0.2, 0.25) is 0 Å². The first-order valence-electron chi connectivity index (χ1n) is 7.34. The number of aryl methyl sites for hydroxylation is 1. The molecule has 0 spiro atoms. The number of halogens is 1. The fraction of sp³-hybridized carbons (Fsp3) is 0.222. The van der Waals surface area contributed by atoms with Gasteiger partial charge < -0.3 is 10.6 Å². The molecule has 23 heavy (non-hydrogen) atoms. The zero-order valence-electron chi connectivity index (χ0n) is 13.1. The minimum Gasteiger partial charge on any atom is -0.349 e. The highest BCUT2D eigenvalue weighted by molar-refractivity contribution is 5.91. The molecule has 0 bridgehead atoms. The lowest BCUT2D eigenvalue weighted by molar-refractivity contribution is -0.120. The van der Waals surface area contributed by atoms with E-state index in [2.05, 4.69) is 10.6 Å². The lowest BCUT2D eigenvalue weighted by atomic mass is 10.0. The van der Waals surface area contributed by atoms with E-state index in [0.29, 0.717) is 0 Å². The number of benzene rings is 2. The molecule has 0 radical (unpaired) electrons. The first-order valence-corrected chi connectivity index (χ1v) is 7.34. The van der Waals surface area contributed by atoms with E-state index in [1.165, 1.54) is 13.0 Å². The molecule has 2 aromatic rings. The lowest BCUT2D eigenvalue weighted by Gasteiger charge is -2.18. The van der Waals surface area contributed by atoms with E-state index in [9.17, 15) is 14.0 Å². The highest BCUT2D eigenvalue weighted by atomic mass is 19.1. The van der Waals surface area contributed by atoms with E-state index in [4.69, 9.17) is 0 Å². The predicted molar refractivity (Wildman–Crippen MR) is 87.4 cm³/mol. The minimum atomic E-state index is -0.486. The highest BCUT2D eigenvalue weighted by Crippen LogP contribution is 2.20. The summed E-state index contributed by atoms with van der Waals surface area (Å²) >= 11 is 0. The molecule has 5 heteroatoms. The maximum atomic E-state index is 13.7. The van der Waals surface area contributed by atoms with Crippen LogP contribution in [0.15, 0.2) is 48.5 Å². The molecule has 0 aliphatic rings. The van der Waals surface area contributed by atoms with Crippen LogP contribution in [0, 0.1) is 12.7 Å². The van der Waals surface area contributed by atoms with Gasteiger partial charge in [-0.2, -0.15) is 0 Å². The Bertz CT molecular complexity index is 701. The predicted octanol–water partition coefficient (Wildman–Crippen LogP) is 3.34. The van der Waals surface area contributed by atoms with Crippen LogP contribution in [-0.4, -0.2) is 11.8 Å². The van der Waals surface area contributed by atoms with E-state index in [1.54, 1.807) is 12.1 Å². The fourth-order valence-corrected chi connectivity index (χ4v) is 2.30. The fourth-order valence-electron chi connectivity index (χ4n) is 2.30. The van der Waals surface area contributed by atoms with Gasteiger partial charge in [0, 0.05) is 6.92 Å². The topological polar surface area (TPSA) is 58.2 Å². The maximum absolute atomic E-state index is 13.7. The van der Waals surface area contributed by atoms with Crippen LogP contribution in [0.3, 0.4) is 0 Å². The summed E-state index contributed by atoms with van der Waals surface area (Å²) in [6, 6.07) is 13.3. The van der Waals surface area contributed by atoms with Crippen molar-refractivity contribution in [3.63, 3.8) is 0 Å². The number of hydrogen-bond acceptors (Lipinski definition) is 2. The van der Waals surface area contributed by atoms with Crippen LogP contribution in [0.1, 0.15) is 30.5 Å². The summed E-state index contributed by atoms with van der Waals surface area (Å²) in [5.41, 5.74) is 1.82. The van der Waals surface area contributed by atoms with Crippen molar-refractivity contribution in [3.05, 3.63) is 65.5 Å². The van der Waals surface area contributed by atoms with Crippen molar-refractivity contribution < 1.29 is 14.0 Å². The van der Waals surface area contributed by atoms with Gasteiger partial charge in [0.1, 0.15) is 5.82 Å². The lowest BCUT2D eigenvalue weighted by Crippen LogP contribution is -2.29. The van der Waals surface area contributed by atoms with Gasteiger partial charge in [0.2, 0.25) is 11.8 Å². The van der Waals surface area contributed by atoms with Crippen molar-refractivity contribution >= 4 is 17.5 Å². The molecule has 2 aromatic carbocycles. The molecule has 2 rings (SSSR count). The maximum Gasteiger partial charge on any atom is 0.226 e. The van der Waals surface area contributed by atoms with Crippen LogP contribution >= 0.6 is 0 Å². The number of carbonyl (C=O) groups is 2. The number of anilines is 1. The molecule has 1 unspecified atom stereocenters. The van der Waals surface area contributed by atoms with Gasteiger partial charge >= 0.3 is 0 Å². The largest absolute Gasteiger partial charge is 0.349 e. The third kappa shape index (κ3) is 4.92. The third-order valence-corrected chi connectivity index (χ3v) is 3.36. The average molecular weight is 314 g/mol. The quantitative estimate of drug-likeness (QED) is 0.889. The molecule has 0 aromatic heterocycles. The monoisotopic (exact) mass is 314 g/mol. The molecule has 1 atom stereocenters. The smallest absolute Gasteiger partial charge is 0.226 e. The Morgan fingerprint density at radius 3 is 2.48 bits per heavy atom. The molecule has 0 fully saturated rings. The van der Waals surface area contributed by atoms with Crippen molar-refractivity contribution in [2.45, 2.75) is 26.3 Å². The Morgan fingerprint density at radius 1 is 1.13 bits per heavy atom. The molecule has 4 nitrogen and oxygen atoms in total. The summed E-state index contributed by atoms with van der Waals surface area (Å²) in [5, 5.41) is 5.30. The summed E-state index contributed by atoms with van der Waals surface area (Å²) in [6.07, 6.45) is 0.0248. The molecule has 0 aliphatic carbocycles. The molecule has 0 saturated heterocycles. The van der Waals surface area contributed by atoms with Gasteiger partial charge in [-0.05, 0) is 30.2 Å². The van der Waals surface area contributed by atoms with Gasteiger partial charge in [-0.15, -0.1) is 0 Å². The van der Waals surface area contributed by atoms with Crippen molar-refractivity contribution in [3.8, 4) is 0 Å². The first-order chi connectivity index (χ1) is 11.0. The van der Waals surface area contributed by atoms with Gasteiger partial charge in [-0.1, -0.05) is 36.4 Å². The summed E-state index contributed by atoms with van der Waals surface area (Å²) < 4.78 is 13.7. The first kappa shape index (κ1) is 16.7. The number of amides is 2. The summed E-state index contributed by atoms with van der Waals surface area (Å²) in [4.78, 5) is 23.6. The number of nitrogens with one attached hydrogen (secondary N) is 2. The van der Waals surface area contributed by atoms with E-state index < -0.39 is 11.9 Å². The number of rotatable bonds is 5. The molecule has 120 valence electrons. The molecular weight excluding hydrogens is 295 g/mol. The Kier molecular flexibility index (Phi) is 5.46. The Balaban J connectivity index is 2.11. The van der Waals surface area contributed by atoms with Gasteiger partial charge in [0.05, 0.1) is 18.2 Å². The summed E-state index contributed by atoms with van der Waals surface area (Å²) in [6.45, 7) is 3.22. The molecule has 2 N–H and O–H groups in total. The highest BCUT2D eigenvalue weighted by Gasteiger charge is 2.17. The summed E-state index contributed by atoms with van der Waals surface area (Å²) in [5.74, 6) is -1.08. The van der Waals surface area contributed by atoms with E-state index in [1.807, 2.05) is 37.3 Å². The van der Waals surface area contributed by atoms with Crippen LogP contribution in [0.5, 0.6) is 0 Å². The van der Waals surface area contributed by atoms with E-state index in [-0.39, 0.29) is 23.9 Å². The standard InChI is InChI=1S/C18H19FN2O2/c1-12-8-9-15(19)17(10-12)21-18(23)11-16(20-13(2)22)14-6-4-3-5-7-14/h3-10,16H,11H2,1-2H3,(H,20,22)(H,21,23). The minimum absolute atomic E-state index is 0.0248. The van der Waals surface area contributed by atoms with Crippen LogP contribution in [-0.2, 0) is 9.59 Å². The second-order valence-electron chi connectivity index (χ2n) is 5.40. The normalized spacial score (nSPS) is 11.6. The van der Waals surface area contributed by atoms with Crippen molar-refractivity contribution in [2.24, 2.45) is 0 Å². The third-order valence-electron chi connectivity index (χ3n) is 3.36. The van der Waals surface area contributed by atoms with Crippen LogP contribution in [0.4, 0.5) is 10.1 Å². The van der Waals surface area contributed by atoms with E-state index in [0.717, 1.165) is 11.1 Å². The van der Waals surface area contributed by atoms with Gasteiger partial charge in [0.25, 0.3) is 0 Å². The van der Waals surface area contributed by atoms with Crippen LogP contribution in [0.25, 0.3) is 0 Å². The van der Waals surface area contributed by atoms with Crippen molar-refractivity contribution in [1.29, 1.82) is 0 Å². The molecule has 2 amide bonds. The van der Waals surface area contributed by atoms with Gasteiger partial charge in [0.15, 0.2) is 0 Å². The molecule has 0 saturated carbocycles.